The molecule has 0 spiro atoms. The van der Waals surface area contributed by atoms with E-state index in [-0.39, 0.29) is 12.3 Å². The van der Waals surface area contributed by atoms with Crippen molar-refractivity contribution in [3.05, 3.63) is 28.2 Å². The summed E-state index contributed by atoms with van der Waals surface area (Å²) < 4.78 is 29.6. The molecule has 18 heavy (non-hydrogen) atoms. The maximum Gasteiger partial charge on any atom is 0.387 e. The fraction of sp³-hybridized carbons (Fsp3) is 0.364. The van der Waals surface area contributed by atoms with Gasteiger partial charge in [0.05, 0.1) is 6.54 Å². The van der Waals surface area contributed by atoms with E-state index in [0.29, 0.717) is 11.5 Å². The molecule has 0 aliphatic rings. The normalized spacial score (nSPS) is 11.8. The summed E-state index contributed by atoms with van der Waals surface area (Å²) in [5.41, 5.74) is 6.17. The second-order valence-electron chi connectivity index (χ2n) is 3.70. The lowest BCUT2D eigenvalue weighted by molar-refractivity contribution is -0.0504. The van der Waals surface area contributed by atoms with Crippen molar-refractivity contribution in [2.75, 3.05) is 14.1 Å². The Hall–Kier alpha value is -1.37. The first-order valence-corrected chi connectivity index (χ1v) is 5.90. The molecule has 1 aromatic carbocycles. The quantitative estimate of drug-likeness (QED) is 0.684. The van der Waals surface area contributed by atoms with E-state index in [2.05, 4.69) is 25.7 Å². The molecule has 0 saturated carbocycles. The molecule has 0 saturated heterocycles. The average Bonchev–Trinajstić information content (AvgIpc) is 2.28. The number of nitrogens with two attached hydrogens (primary N) is 1. The molecule has 0 bridgehead atoms. The van der Waals surface area contributed by atoms with Crippen molar-refractivity contribution < 1.29 is 13.5 Å². The number of hydrogen-bond donors (Lipinski definition) is 1. The molecule has 0 heterocycles. The highest BCUT2D eigenvalue weighted by Gasteiger charge is 2.10. The van der Waals surface area contributed by atoms with Crippen LogP contribution < -0.4 is 10.5 Å². The summed E-state index contributed by atoms with van der Waals surface area (Å²) in [5, 5.41) is 0. The second-order valence-corrected chi connectivity index (χ2v) is 4.62. The molecule has 0 aliphatic carbocycles. The highest BCUT2D eigenvalue weighted by Crippen LogP contribution is 2.25. The van der Waals surface area contributed by atoms with Crippen LogP contribution in [0.15, 0.2) is 27.7 Å². The van der Waals surface area contributed by atoms with Crippen molar-refractivity contribution in [2.45, 2.75) is 13.2 Å². The van der Waals surface area contributed by atoms with Gasteiger partial charge in [-0.3, -0.25) is 0 Å². The number of alkyl halides is 2. The lowest BCUT2D eigenvalue weighted by Gasteiger charge is -2.12. The number of nitrogens with zero attached hydrogens (tertiary/aromatic N) is 2. The third-order valence-corrected chi connectivity index (χ3v) is 2.60. The first-order chi connectivity index (χ1) is 8.40. The highest BCUT2D eigenvalue weighted by molar-refractivity contribution is 9.10. The van der Waals surface area contributed by atoms with E-state index in [1.165, 1.54) is 6.07 Å². The van der Waals surface area contributed by atoms with Crippen LogP contribution in [0, 0.1) is 0 Å². The summed E-state index contributed by atoms with van der Waals surface area (Å²) in [5.74, 6) is 0.418. The van der Waals surface area contributed by atoms with E-state index in [0.717, 1.165) is 4.47 Å². The van der Waals surface area contributed by atoms with Crippen LogP contribution in [0.5, 0.6) is 5.75 Å². The standard InChI is InChI=1S/C11H14BrF2N3O/c1-17(2)11(15)16-6-7-5-8(12)3-4-9(7)18-10(13)14/h3-5,10H,6H2,1-2H3,(H2,15,16). The lowest BCUT2D eigenvalue weighted by Crippen LogP contribution is -2.30. The maximum absolute atomic E-state index is 12.2. The number of benzene rings is 1. The number of halogens is 3. The largest absolute Gasteiger partial charge is 0.434 e. The lowest BCUT2D eigenvalue weighted by atomic mass is 10.2. The molecule has 1 aromatic rings. The second kappa shape index (κ2) is 6.53. The number of ether oxygens (including phenoxy) is 1. The van der Waals surface area contributed by atoms with Gasteiger partial charge in [0.25, 0.3) is 0 Å². The number of guanidine groups is 1. The van der Waals surface area contributed by atoms with Crippen LogP contribution in [-0.2, 0) is 6.54 Å². The summed E-state index contributed by atoms with van der Waals surface area (Å²) in [6, 6.07) is 4.76. The summed E-state index contributed by atoms with van der Waals surface area (Å²) >= 11 is 3.27. The monoisotopic (exact) mass is 321 g/mol. The Balaban J connectivity index is 2.92. The van der Waals surface area contributed by atoms with Crippen LogP contribution in [-0.4, -0.2) is 31.6 Å². The van der Waals surface area contributed by atoms with Gasteiger partial charge in [-0.1, -0.05) is 15.9 Å². The predicted molar refractivity (Wildman–Crippen MR) is 69.8 cm³/mol. The van der Waals surface area contributed by atoms with Gasteiger partial charge < -0.3 is 15.4 Å². The Kier molecular flexibility index (Phi) is 5.33. The van der Waals surface area contributed by atoms with E-state index < -0.39 is 6.61 Å². The smallest absolute Gasteiger partial charge is 0.387 e. The molecule has 0 amide bonds. The van der Waals surface area contributed by atoms with E-state index in [1.807, 2.05) is 0 Å². The zero-order chi connectivity index (χ0) is 13.7. The van der Waals surface area contributed by atoms with Gasteiger partial charge in [0.15, 0.2) is 5.96 Å². The molecule has 7 heteroatoms. The van der Waals surface area contributed by atoms with Crippen molar-refractivity contribution in [1.29, 1.82) is 0 Å². The third kappa shape index (κ3) is 4.48. The topological polar surface area (TPSA) is 50.8 Å². The Morgan fingerprint density at radius 2 is 2.17 bits per heavy atom. The van der Waals surface area contributed by atoms with Gasteiger partial charge in [-0.25, -0.2) is 4.99 Å². The zero-order valence-corrected chi connectivity index (χ0v) is 11.6. The third-order valence-electron chi connectivity index (χ3n) is 2.11. The minimum Gasteiger partial charge on any atom is -0.434 e. The van der Waals surface area contributed by atoms with Gasteiger partial charge in [-0.15, -0.1) is 0 Å². The molecular formula is C11H14BrF2N3O. The van der Waals surface area contributed by atoms with E-state index in [9.17, 15) is 8.78 Å². The van der Waals surface area contributed by atoms with Gasteiger partial charge in [0.2, 0.25) is 0 Å². The molecule has 0 atom stereocenters. The van der Waals surface area contributed by atoms with Crippen LogP contribution in [0.3, 0.4) is 0 Å². The first-order valence-electron chi connectivity index (χ1n) is 5.10. The van der Waals surface area contributed by atoms with Crippen molar-refractivity contribution >= 4 is 21.9 Å². The maximum atomic E-state index is 12.2. The molecule has 4 nitrogen and oxygen atoms in total. The van der Waals surface area contributed by atoms with Crippen molar-refractivity contribution in [3.8, 4) is 5.75 Å². The summed E-state index contributed by atoms with van der Waals surface area (Å²) in [6.45, 7) is -2.69. The van der Waals surface area contributed by atoms with E-state index in [4.69, 9.17) is 5.73 Å². The molecule has 0 radical (unpaired) electrons. The Morgan fingerprint density at radius 3 is 2.72 bits per heavy atom. The van der Waals surface area contributed by atoms with Gasteiger partial charge in [-0.2, -0.15) is 8.78 Å². The first kappa shape index (κ1) is 14.7. The van der Waals surface area contributed by atoms with Gasteiger partial charge in [0, 0.05) is 24.1 Å². The molecule has 2 N–H and O–H groups in total. The van der Waals surface area contributed by atoms with E-state index in [1.54, 1.807) is 31.1 Å². The number of hydrogen-bond acceptors (Lipinski definition) is 2. The number of rotatable bonds is 4. The average molecular weight is 322 g/mol. The molecule has 0 fully saturated rings. The summed E-state index contributed by atoms with van der Waals surface area (Å²) in [7, 11) is 3.49. The van der Waals surface area contributed by atoms with Crippen molar-refractivity contribution in [3.63, 3.8) is 0 Å². The highest BCUT2D eigenvalue weighted by atomic mass is 79.9. The van der Waals surface area contributed by atoms with Crippen LogP contribution in [0.1, 0.15) is 5.56 Å². The van der Waals surface area contributed by atoms with Gasteiger partial charge >= 0.3 is 6.61 Å². The van der Waals surface area contributed by atoms with Crippen molar-refractivity contribution in [2.24, 2.45) is 10.7 Å². The predicted octanol–water partition coefficient (Wildman–Crippen LogP) is 2.43. The van der Waals surface area contributed by atoms with Crippen LogP contribution in [0.4, 0.5) is 8.78 Å². The zero-order valence-electron chi connectivity index (χ0n) is 10.0. The Labute approximate surface area is 113 Å². The van der Waals surface area contributed by atoms with Crippen molar-refractivity contribution in [1.82, 2.24) is 4.90 Å². The molecule has 0 aromatic heterocycles. The van der Waals surface area contributed by atoms with Crippen LogP contribution >= 0.6 is 15.9 Å². The van der Waals surface area contributed by atoms with Gasteiger partial charge in [0.1, 0.15) is 5.75 Å². The minimum absolute atomic E-state index is 0.100. The van der Waals surface area contributed by atoms with Crippen LogP contribution in [0.2, 0.25) is 0 Å². The molecule has 1 rings (SSSR count). The van der Waals surface area contributed by atoms with E-state index >= 15 is 0 Å². The summed E-state index contributed by atoms with van der Waals surface area (Å²) in [4.78, 5) is 5.71. The Morgan fingerprint density at radius 1 is 1.50 bits per heavy atom. The molecular weight excluding hydrogens is 308 g/mol. The molecule has 100 valence electrons. The fourth-order valence-electron chi connectivity index (χ4n) is 1.19. The van der Waals surface area contributed by atoms with Gasteiger partial charge in [-0.05, 0) is 18.2 Å². The Bertz CT molecular complexity index is 438. The minimum atomic E-state index is -2.86. The number of aliphatic imine (C=N–C) groups is 1. The molecule has 0 aliphatic heterocycles. The fourth-order valence-corrected chi connectivity index (χ4v) is 1.60. The summed E-state index contributed by atoms with van der Waals surface area (Å²) in [6.07, 6.45) is 0. The van der Waals surface area contributed by atoms with Crippen LogP contribution in [0.25, 0.3) is 0 Å². The SMILES string of the molecule is CN(C)C(N)=NCc1cc(Br)ccc1OC(F)F. The molecule has 0 unspecified atom stereocenters.